The largest absolute Gasteiger partial charge is 0.352 e. The van der Waals surface area contributed by atoms with Crippen LogP contribution in [0.3, 0.4) is 0 Å². The zero-order valence-electron chi connectivity index (χ0n) is 17.0. The molecule has 0 aliphatic carbocycles. The third-order valence-corrected chi connectivity index (χ3v) is 6.67. The van der Waals surface area contributed by atoms with Crippen LogP contribution in [0.1, 0.15) is 39.5 Å². The Morgan fingerprint density at radius 2 is 1.97 bits per heavy atom. The summed E-state index contributed by atoms with van der Waals surface area (Å²) in [6.45, 7) is 4.63. The fourth-order valence-corrected chi connectivity index (χ4v) is 5.08. The number of thiophene rings is 1. The van der Waals surface area contributed by atoms with E-state index < -0.39 is 0 Å². The van der Waals surface area contributed by atoms with Crippen molar-refractivity contribution in [1.82, 2.24) is 15.2 Å². The number of benzene rings is 1. The van der Waals surface area contributed by atoms with Gasteiger partial charge in [-0.25, -0.2) is 0 Å². The van der Waals surface area contributed by atoms with Gasteiger partial charge in [-0.1, -0.05) is 24.3 Å². The second-order valence-electron chi connectivity index (χ2n) is 7.38. The molecule has 1 aliphatic rings. The molecule has 154 valence electrons. The molecule has 1 aliphatic heterocycles. The molecular formula is C23H24N4OS2. The molecule has 5 nitrogen and oxygen atoms in total. The Bertz CT molecular complexity index is 1050. The summed E-state index contributed by atoms with van der Waals surface area (Å²) in [7, 11) is 0. The van der Waals surface area contributed by atoms with Crippen LogP contribution in [0.25, 0.3) is 0 Å². The minimum absolute atomic E-state index is 0.0114. The van der Waals surface area contributed by atoms with E-state index in [0.29, 0.717) is 18.1 Å². The van der Waals surface area contributed by atoms with Crippen molar-refractivity contribution in [2.45, 2.75) is 32.4 Å². The summed E-state index contributed by atoms with van der Waals surface area (Å²) in [6, 6.07) is 18.0. The first-order chi connectivity index (χ1) is 14.5. The maximum atomic E-state index is 12.6. The molecule has 2 atom stereocenters. The Labute approximate surface area is 186 Å². The molecule has 7 heteroatoms. The Kier molecular flexibility index (Phi) is 6.11. The van der Waals surface area contributed by atoms with Crippen LogP contribution in [-0.2, 0) is 4.79 Å². The summed E-state index contributed by atoms with van der Waals surface area (Å²) in [6.07, 6.45) is 2.15. The van der Waals surface area contributed by atoms with E-state index in [2.05, 4.69) is 39.6 Å². The van der Waals surface area contributed by atoms with E-state index in [0.717, 1.165) is 16.9 Å². The predicted molar refractivity (Wildman–Crippen MR) is 126 cm³/mol. The van der Waals surface area contributed by atoms with Crippen molar-refractivity contribution < 1.29 is 4.79 Å². The number of thiocarbonyl (C=S) groups is 1. The van der Waals surface area contributed by atoms with Crippen molar-refractivity contribution in [3.63, 3.8) is 0 Å². The van der Waals surface area contributed by atoms with Crippen molar-refractivity contribution in [3.8, 4) is 0 Å². The molecule has 0 radical (unpaired) electrons. The van der Waals surface area contributed by atoms with Gasteiger partial charge in [0, 0.05) is 34.6 Å². The van der Waals surface area contributed by atoms with Crippen molar-refractivity contribution >= 4 is 40.3 Å². The summed E-state index contributed by atoms with van der Waals surface area (Å²) in [5.74, 6) is -0.0190. The maximum Gasteiger partial charge on any atom is 0.226 e. The number of hydrogen-bond acceptors (Lipinski definition) is 4. The number of nitrogens with one attached hydrogen (secondary N) is 2. The number of hydrogen-bond donors (Lipinski definition) is 2. The van der Waals surface area contributed by atoms with E-state index in [-0.39, 0.29) is 18.0 Å². The zero-order valence-corrected chi connectivity index (χ0v) is 18.6. The van der Waals surface area contributed by atoms with E-state index >= 15 is 0 Å². The number of carbonyl (C=O) groups excluding carboxylic acids is 1. The smallest absolute Gasteiger partial charge is 0.226 e. The van der Waals surface area contributed by atoms with Gasteiger partial charge in [-0.05, 0) is 62.0 Å². The summed E-state index contributed by atoms with van der Waals surface area (Å²) in [5.41, 5.74) is 2.84. The lowest BCUT2D eigenvalue weighted by Crippen LogP contribution is -2.32. The van der Waals surface area contributed by atoms with E-state index in [1.807, 2.05) is 49.4 Å². The average Bonchev–Trinajstić information content (AvgIpc) is 3.31. The van der Waals surface area contributed by atoms with Gasteiger partial charge in [-0.2, -0.15) is 0 Å². The van der Waals surface area contributed by atoms with Gasteiger partial charge in [0.2, 0.25) is 5.91 Å². The normalized spacial score (nSPS) is 18.3. The van der Waals surface area contributed by atoms with E-state index in [4.69, 9.17) is 12.2 Å². The van der Waals surface area contributed by atoms with Crippen molar-refractivity contribution in [1.29, 1.82) is 0 Å². The van der Waals surface area contributed by atoms with Crippen LogP contribution < -0.4 is 10.6 Å². The Morgan fingerprint density at radius 3 is 2.67 bits per heavy atom. The second-order valence-corrected chi connectivity index (χ2v) is 9.09. The molecule has 0 spiro atoms. The molecule has 1 amide bonds. The molecule has 0 unspecified atom stereocenters. The third-order valence-electron chi connectivity index (χ3n) is 5.25. The van der Waals surface area contributed by atoms with Crippen LogP contribution in [0.4, 0.5) is 5.69 Å². The molecule has 0 bridgehead atoms. The molecule has 2 aromatic heterocycles. The highest BCUT2D eigenvalue weighted by molar-refractivity contribution is 7.80. The van der Waals surface area contributed by atoms with E-state index in [9.17, 15) is 4.79 Å². The monoisotopic (exact) mass is 436 g/mol. The SMILES string of the molecule is Cc1ccc([C@H]2[C@@H](c3ccccn3)NC(=S)N2CCC(=O)Nc2ccccc2C)s1. The van der Waals surface area contributed by atoms with Crippen molar-refractivity contribution in [2.75, 3.05) is 11.9 Å². The second kappa shape index (κ2) is 8.93. The highest BCUT2D eigenvalue weighted by atomic mass is 32.1. The summed E-state index contributed by atoms with van der Waals surface area (Å²) in [4.78, 5) is 21.8. The first-order valence-electron chi connectivity index (χ1n) is 9.93. The molecule has 1 saturated heterocycles. The van der Waals surface area contributed by atoms with Gasteiger partial charge in [0.15, 0.2) is 5.11 Å². The Hall–Kier alpha value is -2.77. The molecule has 4 rings (SSSR count). The van der Waals surface area contributed by atoms with Gasteiger partial charge in [0.05, 0.1) is 17.8 Å². The van der Waals surface area contributed by atoms with Crippen LogP contribution >= 0.6 is 23.6 Å². The number of aryl methyl sites for hydroxylation is 2. The molecule has 3 aromatic rings. The average molecular weight is 437 g/mol. The molecule has 1 aromatic carbocycles. The number of aromatic nitrogens is 1. The van der Waals surface area contributed by atoms with Crippen LogP contribution in [0, 0.1) is 13.8 Å². The fourth-order valence-electron chi connectivity index (χ4n) is 3.72. The van der Waals surface area contributed by atoms with E-state index in [1.54, 1.807) is 17.5 Å². The number of carbonyl (C=O) groups is 1. The zero-order chi connectivity index (χ0) is 21.1. The van der Waals surface area contributed by atoms with Gasteiger partial charge < -0.3 is 15.5 Å². The Morgan fingerprint density at radius 1 is 1.17 bits per heavy atom. The molecule has 3 heterocycles. The molecule has 1 fully saturated rings. The first-order valence-corrected chi connectivity index (χ1v) is 11.2. The lowest BCUT2D eigenvalue weighted by Gasteiger charge is -2.26. The molecule has 2 N–H and O–H groups in total. The van der Waals surface area contributed by atoms with Crippen LogP contribution in [0.5, 0.6) is 0 Å². The molecule has 30 heavy (non-hydrogen) atoms. The van der Waals surface area contributed by atoms with Crippen LogP contribution in [0.2, 0.25) is 0 Å². The van der Waals surface area contributed by atoms with E-state index in [1.165, 1.54) is 9.75 Å². The number of rotatable bonds is 6. The number of para-hydroxylation sites is 1. The Balaban J connectivity index is 1.52. The molecule has 0 saturated carbocycles. The van der Waals surface area contributed by atoms with Crippen LogP contribution in [0.15, 0.2) is 60.8 Å². The number of pyridine rings is 1. The molecular weight excluding hydrogens is 412 g/mol. The maximum absolute atomic E-state index is 12.6. The summed E-state index contributed by atoms with van der Waals surface area (Å²) >= 11 is 7.42. The van der Waals surface area contributed by atoms with Crippen molar-refractivity contribution in [2.24, 2.45) is 0 Å². The minimum atomic E-state index is -0.0452. The quantitative estimate of drug-likeness (QED) is 0.546. The van der Waals surface area contributed by atoms with Crippen LogP contribution in [-0.4, -0.2) is 27.4 Å². The number of anilines is 1. The highest BCUT2D eigenvalue weighted by Gasteiger charge is 2.40. The number of nitrogens with zero attached hydrogens (tertiary/aromatic N) is 2. The van der Waals surface area contributed by atoms with Gasteiger partial charge in [-0.3, -0.25) is 9.78 Å². The van der Waals surface area contributed by atoms with Crippen molar-refractivity contribution in [3.05, 3.63) is 81.8 Å². The topological polar surface area (TPSA) is 57.3 Å². The fraction of sp³-hybridized carbons (Fsp3) is 0.261. The van der Waals surface area contributed by atoms with Gasteiger partial charge in [0.1, 0.15) is 0 Å². The summed E-state index contributed by atoms with van der Waals surface area (Å²) in [5, 5.41) is 7.10. The first kappa shape index (κ1) is 20.5. The predicted octanol–water partition coefficient (Wildman–Crippen LogP) is 4.76. The summed E-state index contributed by atoms with van der Waals surface area (Å²) < 4.78 is 0. The highest BCUT2D eigenvalue weighted by Crippen LogP contribution is 2.41. The van der Waals surface area contributed by atoms with Gasteiger partial charge in [-0.15, -0.1) is 11.3 Å². The lowest BCUT2D eigenvalue weighted by molar-refractivity contribution is -0.116. The number of amides is 1. The lowest BCUT2D eigenvalue weighted by atomic mass is 10.0. The minimum Gasteiger partial charge on any atom is -0.352 e. The third kappa shape index (κ3) is 4.37. The van der Waals surface area contributed by atoms with Gasteiger partial charge in [0.25, 0.3) is 0 Å². The van der Waals surface area contributed by atoms with Gasteiger partial charge >= 0.3 is 0 Å². The standard InChI is InChI=1S/C23H24N4OS2/c1-15-7-3-4-8-17(15)25-20(28)12-14-27-22(19-11-10-16(2)30-19)21(26-23(27)29)18-9-5-6-13-24-18/h3-11,13,21-22H,12,14H2,1-2H3,(H,25,28)(H,26,29)/t21-,22+/m1/s1.